The number of anilines is 2. The lowest BCUT2D eigenvalue weighted by atomic mass is 10.1. The van der Waals surface area contributed by atoms with Crippen molar-refractivity contribution in [1.82, 2.24) is 0 Å². The van der Waals surface area contributed by atoms with Crippen LogP contribution in [0.2, 0.25) is 0 Å². The third kappa shape index (κ3) is 5.73. The number of aryl methyl sites for hydroxylation is 3. The molecule has 0 bridgehead atoms. The van der Waals surface area contributed by atoms with E-state index in [1.807, 2.05) is 20.8 Å². The summed E-state index contributed by atoms with van der Waals surface area (Å²) in [7, 11) is -4.13. The highest BCUT2D eigenvalue weighted by Gasteiger charge is 2.31. The zero-order valence-corrected chi connectivity index (χ0v) is 19.1. The minimum Gasteiger partial charge on any atom is -0.325 e. The second-order valence-corrected chi connectivity index (χ2v) is 9.58. The van der Waals surface area contributed by atoms with E-state index in [1.54, 1.807) is 30.3 Å². The Morgan fingerprint density at radius 1 is 0.909 bits per heavy atom. The monoisotopic (exact) mass is 476 g/mol. The van der Waals surface area contributed by atoms with Crippen LogP contribution in [0.15, 0.2) is 71.6 Å². The van der Waals surface area contributed by atoms with Crippen LogP contribution >= 0.6 is 0 Å². The zero-order chi connectivity index (χ0) is 24.4. The van der Waals surface area contributed by atoms with E-state index in [2.05, 4.69) is 5.32 Å². The fourth-order valence-corrected chi connectivity index (χ4v) is 4.55. The summed E-state index contributed by atoms with van der Waals surface area (Å²) in [6, 6.07) is 15.3. The van der Waals surface area contributed by atoms with E-state index in [9.17, 15) is 26.4 Å². The number of carbonyl (C=O) groups excluding carboxylic acids is 1. The summed E-state index contributed by atoms with van der Waals surface area (Å²) in [4.78, 5) is 12.7. The van der Waals surface area contributed by atoms with E-state index >= 15 is 0 Å². The molecule has 0 aromatic heterocycles. The highest BCUT2D eigenvalue weighted by atomic mass is 32.2. The first-order valence-electron chi connectivity index (χ1n) is 10.0. The molecule has 3 aromatic rings. The van der Waals surface area contributed by atoms with Crippen LogP contribution in [0.1, 0.15) is 22.3 Å². The summed E-state index contributed by atoms with van der Waals surface area (Å²) in [5, 5.41) is 2.37. The molecule has 1 N–H and O–H groups in total. The smallest absolute Gasteiger partial charge is 0.325 e. The molecule has 0 fully saturated rings. The molecule has 1 amide bonds. The van der Waals surface area contributed by atoms with Crippen molar-refractivity contribution in [2.24, 2.45) is 0 Å². The number of hydrogen-bond donors (Lipinski definition) is 1. The van der Waals surface area contributed by atoms with Crippen molar-refractivity contribution in [1.29, 1.82) is 0 Å². The molecule has 0 unspecified atom stereocenters. The standard InChI is InChI=1S/C24H23F3N2O3S/c1-16-7-11-22(12-8-16)33(31,32)29(21-10-9-17(2)18(3)13-21)15-23(30)28-20-6-4-5-19(14-20)24(25,26)27/h4-14H,15H2,1-3H3,(H,28,30). The number of alkyl halides is 3. The highest BCUT2D eigenvalue weighted by Crippen LogP contribution is 2.31. The van der Waals surface area contributed by atoms with E-state index in [0.717, 1.165) is 33.1 Å². The van der Waals surface area contributed by atoms with Gasteiger partial charge in [0.2, 0.25) is 5.91 Å². The molecule has 33 heavy (non-hydrogen) atoms. The molecule has 0 spiro atoms. The Kier molecular flexibility index (Phi) is 6.83. The van der Waals surface area contributed by atoms with Gasteiger partial charge in [0.25, 0.3) is 10.0 Å². The third-order valence-electron chi connectivity index (χ3n) is 5.15. The van der Waals surface area contributed by atoms with Gasteiger partial charge >= 0.3 is 6.18 Å². The SMILES string of the molecule is Cc1ccc(S(=O)(=O)N(CC(=O)Nc2cccc(C(F)(F)F)c2)c2ccc(C)c(C)c2)cc1. The number of benzene rings is 3. The molecule has 5 nitrogen and oxygen atoms in total. The number of halogens is 3. The van der Waals surface area contributed by atoms with Gasteiger partial charge in [0.15, 0.2) is 0 Å². The van der Waals surface area contributed by atoms with Crippen molar-refractivity contribution in [2.75, 3.05) is 16.2 Å². The van der Waals surface area contributed by atoms with Gasteiger partial charge < -0.3 is 5.32 Å². The molecule has 3 rings (SSSR count). The molecular weight excluding hydrogens is 453 g/mol. The summed E-state index contributed by atoms with van der Waals surface area (Å²) in [5.74, 6) is -0.775. The molecule has 0 heterocycles. The first-order valence-corrected chi connectivity index (χ1v) is 11.5. The summed E-state index contributed by atoms with van der Waals surface area (Å²) in [6.07, 6.45) is -4.57. The Balaban J connectivity index is 1.95. The summed E-state index contributed by atoms with van der Waals surface area (Å²) >= 11 is 0. The molecule has 0 radical (unpaired) electrons. The van der Waals surface area contributed by atoms with Gasteiger partial charge in [-0.25, -0.2) is 8.42 Å². The average Bonchev–Trinajstić information content (AvgIpc) is 2.74. The van der Waals surface area contributed by atoms with Crippen LogP contribution in [0.4, 0.5) is 24.5 Å². The number of nitrogens with one attached hydrogen (secondary N) is 1. The normalized spacial score (nSPS) is 11.8. The van der Waals surface area contributed by atoms with Gasteiger partial charge in [-0.05, 0) is 74.4 Å². The van der Waals surface area contributed by atoms with Crippen LogP contribution in [0, 0.1) is 20.8 Å². The number of hydrogen-bond acceptors (Lipinski definition) is 3. The van der Waals surface area contributed by atoms with E-state index in [4.69, 9.17) is 0 Å². The first-order chi connectivity index (χ1) is 15.4. The van der Waals surface area contributed by atoms with Crippen molar-refractivity contribution in [2.45, 2.75) is 31.8 Å². The zero-order valence-electron chi connectivity index (χ0n) is 18.3. The molecule has 0 aliphatic carbocycles. The first kappa shape index (κ1) is 24.3. The lowest BCUT2D eigenvalue weighted by Gasteiger charge is -2.25. The Bertz CT molecular complexity index is 1270. The summed E-state index contributed by atoms with van der Waals surface area (Å²) in [5.41, 5.74) is 1.92. The Morgan fingerprint density at radius 2 is 1.58 bits per heavy atom. The Hall–Kier alpha value is -3.33. The lowest BCUT2D eigenvalue weighted by Crippen LogP contribution is -2.38. The summed E-state index contributed by atoms with van der Waals surface area (Å²) in [6.45, 7) is 4.89. The number of carbonyl (C=O) groups is 1. The van der Waals surface area contributed by atoms with Crippen molar-refractivity contribution >= 4 is 27.3 Å². The van der Waals surface area contributed by atoms with Gasteiger partial charge in [0, 0.05) is 5.69 Å². The van der Waals surface area contributed by atoms with Crippen molar-refractivity contribution in [3.05, 3.63) is 89.0 Å². The van der Waals surface area contributed by atoms with Crippen LogP contribution < -0.4 is 9.62 Å². The highest BCUT2D eigenvalue weighted by molar-refractivity contribution is 7.92. The molecule has 9 heteroatoms. The molecular formula is C24H23F3N2O3S. The maximum absolute atomic E-state index is 13.4. The van der Waals surface area contributed by atoms with Crippen molar-refractivity contribution < 1.29 is 26.4 Å². The molecule has 0 aliphatic heterocycles. The van der Waals surface area contributed by atoms with Crippen LogP contribution in [-0.2, 0) is 21.0 Å². The maximum Gasteiger partial charge on any atom is 0.416 e. The van der Waals surface area contributed by atoms with E-state index in [0.29, 0.717) is 0 Å². The van der Waals surface area contributed by atoms with Crippen LogP contribution in [0.3, 0.4) is 0 Å². The second-order valence-electron chi connectivity index (χ2n) is 7.72. The fourth-order valence-electron chi connectivity index (χ4n) is 3.14. The van der Waals surface area contributed by atoms with E-state index in [1.165, 1.54) is 24.3 Å². The Morgan fingerprint density at radius 3 is 2.18 bits per heavy atom. The number of sulfonamides is 1. The van der Waals surface area contributed by atoms with Gasteiger partial charge in [0.05, 0.1) is 16.1 Å². The molecule has 3 aromatic carbocycles. The van der Waals surface area contributed by atoms with Gasteiger partial charge in [-0.2, -0.15) is 13.2 Å². The quantitative estimate of drug-likeness (QED) is 0.514. The van der Waals surface area contributed by atoms with Crippen LogP contribution in [-0.4, -0.2) is 20.9 Å². The number of rotatable bonds is 6. The minimum absolute atomic E-state index is 0.00167. The molecule has 0 saturated carbocycles. The van der Waals surface area contributed by atoms with Crippen LogP contribution in [0.25, 0.3) is 0 Å². The van der Waals surface area contributed by atoms with Gasteiger partial charge in [0.1, 0.15) is 6.54 Å². The predicted molar refractivity (Wildman–Crippen MR) is 122 cm³/mol. The van der Waals surface area contributed by atoms with Crippen molar-refractivity contribution in [3.8, 4) is 0 Å². The van der Waals surface area contributed by atoms with Crippen molar-refractivity contribution in [3.63, 3.8) is 0 Å². The number of nitrogens with zero attached hydrogens (tertiary/aromatic N) is 1. The van der Waals surface area contributed by atoms with Crippen LogP contribution in [0.5, 0.6) is 0 Å². The Labute approximate surface area is 190 Å². The maximum atomic E-state index is 13.4. The largest absolute Gasteiger partial charge is 0.416 e. The third-order valence-corrected chi connectivity index (χ3v) is 6.94. The predicted octanol–water partition coefficient (Wildman–Crippen LogP) is 5.46. The molecule has 0 atom stereocenters. The average molecular weight is 477 g/mol. The minimum atomic E-state index is -4.57. The number of amides is 1. The topological polar surface area (TPSA) is 66.5 Å². The van der Waals surface area contributed by atoms with Gasteiger partial charge in [-0.1, -0.05) is 29.8 Å². The van der Waals surface area contributed by atoms with E-state index in [-0.39, 0.29) is 16.3 Å². The van der Waals surface area contributed by atoms with Gasteiger partial charge in [-0.3, -0.25) is 9.10 Å². The second kappa shape index (κ2) is 9.27. The molecule has 0 saturated heterocycles. The van der Waals surface area contributed by atoms with Gasteiger partial charge in [-0.15, -0.1) is 0 Å². The lowest BCUT2D eigenvalue weighted by molar-refractivity contribution is -0.137. The summed E-state index contributed by atoms with van der Waals surface area (Å²) < 4.78 is 66.7. The molecule has 0 aliphatic rings. The fraction of sp³-hybridized carbons (Fsp3) is 0.208. The molecule has 174 valence electrons. The van der Waals surface area contributed by atoms with E-state index < -0.39 is 34.2 Å².